The highest BCUT2D eigenvalue weighted by molar-refractivity contribution is 5.79. The third-order valence-corrected chi connectivity index (χ3v) is 4.27. The Morgan fingerprint density at radius 3 is 2.48 bits per heavy atom. The second kappa shape index (κ2) is 7.17. The molecule has 6 heteroatoms. The van der Waals surface area contributed by atoms with E-state index in [-0.39, 0.29) is 17.9 Å². The predicted molar refractivity (Wildman–Crippen MR) is 87.8 cm³/mol. The Hall–Kier alpha value is -2.50. The number of carbonyl (C=O) groups is 1. The molecule has 6 nitrogen and oxygen atoms in total. The van der Waals surface area contributed by atoms with Gasteiger partial charge in [0.2, 0.25) is 11.9 Å². The molecule has 1 aliphatic heterocycles. The van der Waals surface area contributed by atoms with Crippen LogP contribution in [0.15, 0.2) is 43.0 Å². The molecule has 0 saturated carbocycles. The summed E-state index contributed by atoms with van der Waals surface area (Å²) in [4.78, 5) is 27.1. The van der Waals surface area contributed by atoms with Crippen molar-refractivity contribution in [2.45, 2.75) is 25.8 Å². The molecule has 3 heterocycles. The maximum absolute atomic E-state index is 12.4. The van der Waals surface area contributed by atoms with E-state index in [1.165, 1.54) is 0 Å². The molecule has 3 rings (SSSR count). The molecule has 1 atom stereocenters. The van der Waals surface area contributed by atoms with Gasteiger partial charge in [-0.15, -0.1) is 0 Å². The van der Waals surface area contributed by atoms with Gasteiger partial charge in [-0.2, -0.15) is 0 Å². The fourth-order valence-electron chi connectivity index (χ4n) is 2.86. The Balaban J connectivity index is 1.52. The van der Waals surface area contributed by atoms with Crippen molar-refractivity contribution in [2.24, 2.45) is 5.92 Å². The standard InChI is InChI=1S/C17H21N5O/c1-13(14-3-9-18-10-4-14)21-16(23)15-5-11-22(12-6-15)17-19-7-2-8-20-17/h2-4,7-10,13,15H,5-6,11-12H2,1H3,(H,21,23). The van der Waals surface area contributed by atoms with E-state index in [1.54, 1.807) is 24.8 Å². The Kier molecular flexibility index (Phi) is 4.80. The molecule has 1 amide bonds. The van der Waals surface area contributed by atoms with Crippen LogP contribution in [0, 0.1) is 5.92 Å². The van der Waals surface area contributed by atoms with Crippen molar-refractivity contribution in [2.75, 3.05) is 18.0 Å². The molecule has 0 bridgehead atoms. The van der Waals surface area contributed by atoms with Crippen LogP contribution in [-0.2, 0) is 4.79 Å². The maximum Gasteiger partial charge on any atom is 0.225 e. The minimum Gasteiger partial charge on any atom is -0.349 e. The highest BCUT2D eigenvalue weighted by atomic mass is 16.1. The van der Waals surface area contributed by atoms with Crippen molar-refractivity contribution >= 4 is 11.9 Å². The van der Waals surface area contributed by atoms with Gasteiger partial charge in [0.25, 0.3) is 0 Å². The number of carbonyl (C=O) groups excluding carboxylic acids is 1. The molecule has 120 valence electrons. The fourth-order valence-corrected chi connectivity index (χ4v) is 2.86. The van der Waals surface area contributed by atoms with Crippen LogP contribution >= 0.6 is 0 Å². The lowest BCUT2D eigenvalue weighted by Gasteiger charge is -2.31. The molecule has 0 aliphatic carbocycles. The first-order valence-corrected chi connectivity index (χ1v) is 7.96. The molecule has 2 aromatic rings. The van der Waals surface area contributed by atoms with E-state index in [4.69, 9.17) is 0 Å². The molecule has 1 aliphatic rings. The molecule has 1 saturated heterocycles. The number of rotatable bonds is 4. The van der Waals surface area contributed by atoms with Gasteiger partial charge in [0.1, 0.15) is 0 Å². The first-order valence-electron chi connectivity index (χ1n) is 7.96. The number of hydrogen-bond acceptors (Lipinski definition) is 5. The second-order valence-electron chi connectivity index (χ2n) is 5.82. The third-order valence-electron chi connectivity index (χ3n) is 4.27. The summed E-state index contributed by atoms with van der Waals surface area (Å²) in [7, 11) is 0. The third kappa shape index (κ3) is 3.83. The largest absolute Gasteiger partial charge is 0.349 e. The van der Waals surface area contributed by atoms with Crippen molar-refractivity contribution in [3.63, 3.8) is 0 Å². The highest BCUT2D eigenvalue weighted by Gasteiger charge is 2.26. The minimum absolute atomic E-state index is 0.000913. The number of nitrogens with zero attached hydrogens (tertiary/aromatic N) is 4. The van der Waals surface area contributed by atoms with Crippen LogP contribution in [0.3, 0.4) is 0 Å². The van der Waals surface area contributed by atoms with Crippen molar-refractivity contribution < 1.29 is 4.79 Å². The minimum atomic E-state index is 0.000913. The smallest absolute Gasteiger partial charge is 0.225 e. The summed E-state index contributed by atoms with van der Waals surface area (Å²) in [6.45, 7) is 3.62. The molecule has 0 aromatic carbocycles. The summed E-state index contributed by atoms with van der Waals surface area (Å²) in [6, 6.07) is 5.67. The van der Waals surface area contributed by atoms with Crippen LogP contribution in [0.1, 0.15) is 31.4 Å². The molecule has 1 fully saturated rings. The zero-order valence-corrected chi connectivity index (χ0v) is 13.2. The van der Waals surface area contributed by atoms with Gasteiger partial charge in [0, 0.05) is 43.8 Å². The zero-order valence-electron chi connectivity index (χ0n) is 13.2. The molecule has 23 heavy (non-hydrogen) atoms. The van der Waals surface area contributed by atoms with Crippen molar-refractivity contribution in [1.29, 1.82) is 0 Å². The summed E-state index contributed by atoms with van der Waals surface area (Å²) < 4.78 is 0. The number of aromatic nitrogens is 3. The molecule has 0 radical (unpaired) electrons. The average molecular weight is 311 g/mol. The van der Waals surface area contributed by atoms with Crippen molar-refractivity contribution in [3.05, 3.63) is 48.5 Å². The van der Waals surface area contributed by atoms with Gasteiger partial charge in [0.05, 0.1) is 6.04 Å². The lowest BCUT2D eigenvalue weighted by Crippen LogP contribution is -2.41. The quantitative estimate of drug-likeness (QED) is 0.934. The van der Waals surface area contributed by atoms with E-state index in [0.717, 1.165) is 37.4 Å². The van der Waals surface area contributed by atoms with Gasteiger partial charge in [-0.25, -0.2) is 9.97 Å². The van der Waals surface area contributed by atoms with Crippen LogP contribution < -0.4 is 10.2 Å². The van der Waals surface area contributed by atoms with Crippen LogP contribution in [-0.4, -0.2) is 33.9 Å². The number of anilines is 1. The normalized spacial score (nSPS) is 16.8. The summed E-state index contributed by atoms with van der Waals surface area (Å²) in [5.41, 5.74) is 1.07. The van der Waals surface area contributed by atoms with E-state index >= 15 is 0 Å². The number of piperidine rings is 1. The second-order valence-corrected chi connectivity index (χ2v) is 5.82. The van der Waals surface area contributed by atoms with E-state index < -0.39 is 0 Å². The summed E-state index contributed by atoms with van der Waals surface area (Å²) >= 11 is 0. The lowest BCUT2D eigenvalue weighted by atomic mass is 9.95. The Morgan fingerprint density at radius 2 is 1.83 bits per heavy atom. The highest BCUT2D eigenvalue weighted by Crippen LogP contribution is 2.21. The van der Waals surface area contributed by atoms with Crippen LogP contribution in [0.25, 0.3) is 0 Å². The fraction of sp³-hybridized carbons (Fsp3) is 0.412. The van der Waals surface area contributed by atoms with Crippen LogP contribution in [0.4, 0.5) is 5.95 Å². The van der Waals surface area contributed by atoms with Crippen LogP contribution in [0.2, 0.25) is 0 Å². The van der Waals surface area contributed by atoms with Crippen molar-refractivity contribution in [3.8, 4) is 0 Å². The van der Waals surface area contributed by atoms with Gasteiger partial charge >= 0.3 is 0 Å². The summed E-state index contributed by atoms with van der Waals surface area (Å²) in [5, 5.41) is 3.10. The van der Waals surface area contributed by atoms with Gasteiger partial charge in [0.15, 0.2) is 0 Å². The van der Waals surface area contributed by atoms with E-state index in [1.807, 2.05) is 25.1 Å². The Labute approximate surface area is 136 Å². The SMILES string of the molecule is CC(NC(=O)C1CCN(c2ncccn2)CC1)c1ccncc1. The molecule has 2 aromatic heterocycles. The van der Waals surface area contributed by atoms with Gasteiger partial charge in [-0.3, -0.25) is 9.78 Å². The molecular formula is C17H21N5O. The number of hydrogen-bond donors (Lipinski definition) is 1. The van der Waals surface area contributed by atoms with Crippen molar-refractivity contribution in [1.82, 2.24) is 20.3 Å². The summed E-state index contributed by atoms with van der Waals surface area (Å²) in [5.74, 6) is 0.929. The lowest BCUT2D eigenvalue weighted by molar-refractivity contribution is -0.126. The number of amides is 1. The summed E-state index contributed by atoms with van der Waals surface area (Å²) in [6.07, 6.45) is 8.64. The molecular weight excluding hydrogens is 290 g/mol. The first kappa shape index (κ1) is 15.4. The molecule has 1 unspecified atom stereocenters. The number of pyridine rings is 1. The van der Waals surface area contributed by atoms with Gasteiger partial charge in [-0.05, 0) is 43.5 Å². The monoisotopic (exact) mass is 311 g/mol. The van der Waals surface area contributed by atoms with Gasteiger partial charge in [-0.1, -0.05) is 0 Å². The van der Waals surface area contributed by atoms with E-state index in [0.29, 0.717) is 0 Å². The van der Waals surface area contributed by atoms with Gasteiger partial charge < -0.3 is 10.2 Å². The molecule has 1 N–H and O–H groups in total. The maximum atomic E-state index is 12.4. The van der Waals surface area contributed by atoms with Crippen LogP contribution in [0.5, 0.6) is 0 Å². The predicted octanol–water partition coefficient (Wildman–Crippen LogP) is 1.97. The van der Waals surface area contributed by atoms with E-state index in [2.05, 4.69) is 25.2 Å². The Bertz CT molecular complexity index is 626. The average Bonchev–Trinajstić information content (AvgIpc) is 2.63. The first-order chi connectivity index (χ1) is 11.2. The topological polar surface area (TPSA) is 71.0 Å². The Morgan fingerprint density at radius 1 is 1.17 bits per heavy atom. The number of nitrogens with one attached hydrogen (secondary N) is 1. The zero-order chi connectivity index (χ0) is 16.1. The van der Waals surface area contributed by atoms with E-state index in [9.17, 15) is 4.79 Å². The molecule has 0 spiro atoms.